The van der Waals surface area contributed by atoms with Gasteiger partial charge in [-0.1, -0.05) is 13.8 Å². The van der Waals surface area contributed by atoms with Gasteiger partial charge in [0.25, 0.3) is 0 Å². The molecule has 0 radical (unpaired) electrons. The summed E-state index contributed by atoms with van der Waals surface area (Å²) in [5.74, 6) is 0.880. The minimum absolute atomic E-state index is 0.768. The standard InChI is InChI=1S/C19H21N5S3/c1-5-24(6-2)9-14-22-18-15(11(3)12(4)26-18)19(23-14)27-17-13-7-8-25-16(13)20-10-21-17/h7-8,10H,5-6,9H2,1-4H3. The second-order valence-corrected chi connectivity index (χ2v) is 9.37. The Balaban J connectivity index is 1.83. The summed E-state index contributed by atoms with van der Waals surface area (Å²) in [6.45, 7) is 11.4. The van der Waals surface area contributed by atoms with Crippen LogP contribution in [0, 0.1) is 13.8 Å². The van der Waals surface area contributed by atoms with Crippen molar-refractivity contribution in [3.8, 4) is 0 Å². The molecular weight excluding hydrogens is 394 g/mol. The fourth-order valence-corrected chi connectivity index (χ4v) is 5.96. The molecule has 4 aromatic rings. The zero-order valence-electron chi connectivity index (χ0n) is 15.8. The van der Waals surface area contributed by atoms with E-state index in [2.05, 4.69) is 54.0 Å². The summed E-state index contributed by atoms with van der Waals surface area (Å²) in [4.78, 5) is 24.4. The van der Waals surface area contributed by atoms with E-state index in [0.717, 1.165) is 55.9 Å². The van der Waals surface area contributed by atoms with E-state index in [1.807, 2.05) is 0 Å². The van der Waals surface area contributed by atoms with Crippen LogP contribution < -0.4 is 0 Å². The smallest absolute Gasteiger partial charge is 0.145 e. The van der Waals surface area contributed by atoms with Crippen molar-refractivity contribution >= 4 is 54.9 Å². The third-order valence-corrected chi connectivity index (χ3v) is 7.65. The van der Waals surface area contributed by atoms with Crippen LogP contribution in [0.2, 0.25) is 0 Å². The number of fused-ring (bicyclic) bond motifs is 2. The van der Waals surface area contributed by atoms with Gasteiger partial charge in [-0.2, -0.15) is 0 Å². The summed E-state index contributed by atoms with van der Waals surface area (Å²) in [5.41, 5.74) is 1.27. The Morgan fingerprint density at radius 3 is 2.63 bits per heavy atom. The Bertz CT molecular complexity index is 1100. The second-order valence-electron chi connectivity index (χ2n) is 6.29. The molecule has 8 heteroatoms. The summed E-state index contributed by atoms with van der Waals surface area (Å²) in [6.07, 6.45) is 1.64. The molecule has 0 spiro atoms. The molecule has 27 heavy (non-hydrogen) atoms. The molecule has 4 aromatic heterocycles. The van der Waals surface area contributed by atoms with E-state index in [4.69, 9.17) is 9.97 Å². The maximum atomic E-state index is 4.96. The molecule has 0 amide bonds. The summed E-state index contributed by atoms with van der Waals surface area (Å²) in [6, 6.07) is 2.09. The molecule has 4 heterocycles. The van der Waals surface area contributed by atoms with Crippen molar-refractivity contribution in [1.82, 2.24) is 24.8 Å². The molecule has 0 N–H and O–H groups in total. The number of aryl methyl sites for hydroxylation is 2. The normalized spacial score (nSPS) is 11.9. The molecule has 0 saturated heterocycles. The second kappa shape index (κ2) is 7.79. The van der Waals surface area contributed by atoms with E-state index in [0.29, 0.717) is 0 Å². The number of hydrogen-bond donors (Lipinski definition) is 0. The minimum Gasteiger partial charge on any atom is -0.296 e. The van der Waals surface area contributed by atoms with E-state index in [-0.39, 0.29) is 0 Å². The van der Waals surface area contributed by atoms with Crippen LogP contribution in [0.4, 0.5) is 0 Å². The van der Waals surface area contributed by atoms with Gasteiger partial charge in [0.15, 0.2) is 0 Å². The average Bonchev–Trinajstić information content (AvgIpc) is 3.25. The lowest BCUT2D eigenvalue weighted by atomic mass is 10.2. The van der Waals surface area contributed by atoms with Crippen LogP contribution in [-0.2, 0) is 6.54 Å². The Morgan fingerprint density at radius 2 is 1.85 bits per heavy atom. The number of nitrogens with zero attached hydrogens (tertiary/aromatic N) is 5. The van der Waals surface area contributed by atoms with Gasteiger partial charge in [0.2, 0.25) is 0 Å². The first-order chi connectivity index (χ1) is 13.1. The monoisotopic (exact) mass is 415 g/mol. The van der Waals surface area contributed by atoms with Crippen LogP contribution in [0.3, 0.4) is 0 Å². The van der Waals surface area contributed by atoms with E-state index in [1.165, 1.54) is 10.4 Å². The van der Waals surface area contributed by atoms with Gasteiger partial charge >= 0.3 is 0 Å². The highest BCUT2D eigenvalue weighted by Gasteiger charge is 2.18. The van der Waals surface area contributed by atoms with Crippen molar-refractivity contribution in [3.63, 3.8) is 0 Å². The Kier molecular flexibility index (Phi) is 5.41. The number of rotatable bonds is 6. The molecule has 0 fully saturated rings. The lowest BCUT2D eigenvalue weighted by Gasteiger charge is -2.17. The molecule has 0 aliphatic rings. The van der Waals surface area contributed by atoms with Crippen molar-refractivity contribution in [2.45, 2.75) is 44.3 Å². The molecule has 0 saturated carbocycles. The maximum absolute atomic E-state index is 4.96. The van der Waals surface area contributed by atoms with Gasteiger partial charge < -0.3 is 0 Å². The van der Waals surface area contributed by atoms with Crippen LogP contribution in [0.1, 0.15) is 30.1 Å². The van der Waals surface area contributed by atoms with Crippen molar-refractivity contribution in [3.05, 3.63) is 34.0 Å². The maximum Gasteiger partial charge on any atom is 0.145 e. The van der Waals surface area contributed by atoms with Gasteiger partial charge in [-0.15, -0.1) is 22.7 Å². The van der Waals surface area contributed by atoms with Crippen LogP contribution in [0.25, 0.3) is 20.4 Å². The van der Waals surface area contributed by atoms with E-state index in [9.17, 15) is 0 Å². The fraction of sp³-hybridized carbons (Fsp3) is 0.368. The number of hydrogen-bond acceptors (Lipinski definition) is 8. The predicted molar refractivity (Wildman–Crippen MR) is 115 cm³/mol. The first kappa shape index (κ1) is 18.7. The molecular formula is C19H21N5S3. The fourth-order valence-electron chi connectivity index (χ4n) is 2.99. The zero-order chi connectivity index (χ0) is 19.0. The zero-order valence-corrected chi connectivity index (χ0v) is 18.3. The molecule has 0 aliphatic heterocycles. The first-order valence-electron chi connectivity index (χ1n) is 8.95. The highest BCUT2D eigenvalue weighted by molar-refractivity contribution is 7.99. The van der Waals surface area contributed by atoms with Gasteiger partial charge in [0, 0.05) is 15.6 Å². The van der Waals surface area contributed by atoms with Gasteiger partial charge in [0.1, 0.15) is 31.9 Å². The van der Waals surface area contributed by atoms with Crippen molar-refractivity contribution in [2.24, 2.45) is 0 Å². The van der Waals surface area contributed by atoms with Gasteiger partial charge in [-0.05, 0) is 55.7 Å². The molecule has 0 aromatic carbocycles. The van der Waals surface area contributed by atoms with Crippen LogP contribution in [0.5, 0.6) is 0 Å². The first-order valence-corrected chi connectivity index (χ1v) is 11.5. The third kappa shape index (κ3) is 3.59. The molecule has 0 unspecified atom stereocenters. The molecule has 0 bridgehead atoms. The summed E-state index contributed by atoms with van der Waals surface area (Å²) in [7, 11) is 0. The molecule has 140 valence electrons. The predicted octanol–water partition coefficient (Wildman–Crippen LogP) is 5.31. The van der Waals surface area contributed by atoms with Crippen LogP contribution in [-0.4, -0.2) is 37.9 Å². The molecule has 0 aliphatic carbocycles. The average molecular weight is 416 g/mol. The van der Waals surface area contributed by atoms with Crippen molar-refractivity contribution in [2.75, 3.05) is 13.1 Å². The third-order valence-electron chi connectivity index (χ3n) is 4.72. The van der Waals surface area contributed by atoms with Crippen LogP contribution in [0.15, 0.2) is 27.8 Å². The Hall–Kier alpha value is -1.61. The van der Waals surface area contributed by atoms with Gasteiger partial charge in [-0.25, -0.2) is 19.9 Å². The number of aromatic nitrogens is 4. The van der Waals surface area contributed by atoms with Crippen molar-refractivity contribution < 1.29 is 0 Å². The molecule has 4 rings (SSSR count). The minimum atomic E-state index is 0.768. The summed E-state index contributed by atoms with van der Waals surface area (Å²) >= 11 is 5.02. The van der Waals surface area contributed by atoms with Gasteiger partial charge in [0.05, 0.1) is 6.54 Å². The van der Waals surface area contributed by atoms with Crippen molar-refractivity contribution in [1.29, 1.82) is 0 Å². The van der Waals surface area contributed by atoms with E-state index in [1.54, 1.807) is 40.8 Å². The summed E-state index contributed by atoms with van der Waals surface area (Å²) in [5, 5.41) is 6.26. The quantitative estimate of drug-likeness (QED) is 0.398. The lowest BCUT2D eigenvalue weighted by Crippen LogP contribution is -2.23. The lowest BCUT2D eigenvalue weighted by molar-refractivity contribution is 0.288. The Labute approximate surface area is 170 Å². The highest BCUT2D eigenvalue weighted by atomic mass is 32.2. The largest absolute Gasteiger partial charge is 0.296 e. The van der Waals surface area contributed by atoms with E-state index >= 15 is 0 Å². The molecule has 5 nitrogen and oxygen atoms in total. The SMILES string of the molecule is CCN(CC)Cc1nc(Sc2ncnc3sccc23)c2c(C)c(C)sc2n1. The van der Waals surface area contributed by atoms with Gasteiger partial charge in [-0.3, -0.25) is 4.90 Å². The highest BCUT2D eigenvalue weighted by Crippen LogP contribution is 2.39. The molecule has 0 atom stereocenters. The van der Waals surface area contributed by atoms with E-state index < -0.39 is 0 Å². The summed E-state index contributed by atoms with van der Waals surface area (Å²) < 4.78 is 0. The Morgan fingerprint density at radius 1 is 1.04 bits per heavy atom. The topological polar surface area (TPSA) is 54.8 Å². The van der Waals surface area contributed by atoms with Crippen LogP contribution >= 0.6 is 34.4 Å². The number of thiophene rings is 2.